The van der Waals surface area contributed by atoms with Crippen LogP contribution in [0, 0.1) is 5.82 Å². The summed E-state index contributed by atoms with van der Waals surface area (Å²) < 4.78 is 13.8. The van der Waals surface area contributed by atoms with Gasteiger partial charge in [0.05, 0.1) is 0 Å². The second kappa shape index (κ2) is 7.36. The molecule has 4 nitrogen and oxygen atoms in total. The van der Waals surface area contributed by atoms with Gasteiger partial charge in [-0.3, -0.25) is 5.32 Å². The number of hydrogen-bond acceptors (Lipinski definition) is 3. The second-order valence-electron chi connectivity index (χ2n) is 4.86. The van der Waals surface area contributed by atoms with Crippen LogP contribution in [0.2, 0.25) is 0 Å². The topological polar surface area (TPSA) is 52.6 Å². The zero-order valence-corrected chi connectivity index (χ0v) is 12.3. The molecular formula is C15H23FN2O2. The molecule has 1 aromatic carbocycles. The molecule has 1 rings (SSSR count). The van der Waals surface area contributed by atoms with Gasteiger partial charge in [0.1, 0.15) is 11.4 Å². The molecule has 0 aromatic heterocycles. The maximum atomic E-state index is 13.8. The summed E-state index contributed by atoms with van der Waals surface area (Å²) in [5.74, 6) is -1.59. The number of rotatable bonds is 8. The molecule has 0 spiro atoms. The van der Waals surface area contributed by atoms with Crippen molar-refractivity contribution in [2.75, 3.05) is 26.2 Å². The number of carboxylic acids is 1. The van der Waals surface area contributed by atoms with E-state index in [1.165, 1.54) is 19.1 Å². The molecule has 5 heteroatoms. The van der Waals surface area contributed by atoms with Crippen LogP contribution < -0.4 is 5.32 Å². The lowest BCUT2D eigenvalue weighted by Gasteiger charge is -2.29. The van der Waals surface area contributed by atoms with E-state index in [0.717, 1.165) is 19.6 Å². The van der Waals surface area contributed by atoms with Gasteiger partial charge in [-0.1, -0.05) is 32.0 Å². The Morgan fingerprint density at radius 1 is 1.35 bits per heavy atom. The molecule has 0 aliphatic carbocycles. The summed E-state index contributed by atoms with van der Waals surface area (Å²) in [7, 11) is 0. The van der Waals surface area contributed by atoms with E-state index in [0.29, 0.717) is 6.54 Å². The Morgan fingerprint density at radius 3 is 2.45 bits per heavy atom. The second-order valence-corrected chi connectivity index (χ2v) is 4.86. The zero-order valence-electron chi connectivity index (χ0n) is 12.3. The summed E-state index contributed by atoms with van der Waals surface area (Å²) in [4.78, 5) is 13.7. The maximum absolute atomic E-state index is 13.8. The summed E-state index contributed by atoms with van der Waals surface area (Å²) >= 11 is 0. The standard InChI is InChI=1S/C15H23FN2O2/c1-4-18(5-2)11-10-17-15(3,14(19)20)12-8-6-7-9-13(12)16/h6-9,17H,4-5,10-11H2,1-3H3,(H,19,20). The molecule has 1 unspecified atom stereocenters. The van der Waals surface area contributed by atoms with Gasteiger partial charge in [-0.15, -0.1) is 0 Å². The van der Waals surface area contributed by atoms with E-state index >= 15 is 0 Å². The molecular weight excluding hydrogens is 259 g/mol. The number of likely N-dealkylation sites (N-methyl/N-ethyl adjacent to an activating group) is 1. The lowest BCUT2D eigenvalue weighted by molar-refractivity contribution is -0.144. The van der Waals surface area contributed by atoms with E-state index < -0.39 is 17.3 Å². The third kappa shape index (κ3) is 3.77. The summed E-state index contributed by atoms with van der Waals surface area (Å²) in [5.41, 5.74) is -1.26. The molecule has 112 valence electrons. The molecule has 0 saturated carbocycles. The van der Waals surface area contributed by atoms with Crippen LogP contribution in [-0.4, -0.2) is 42.2 Å². The number of nitrogens with one attached hydrogen (secondary N) is 1. The van der Waals surface area contributed by atoms with Gasteiger partial charge < -0.3 is 10.0 Å². The number of benzene rings is 1. The fourth-order valence-electron chi connectivity index (χ4n) is 2.16. The van der Waals surface area contributed by atoms with Crippen LogP contribution in [-0.2, 0) is 10.3 Å². The highest BCUT2D eigenvalue weighted by Crippen LogP contribution is 2.23. The highest BCUT2D eigenvalue weighted by molar-refractivity contribution is 5.80. The van der Waals surface area contributed by atoms with Gasteiger partial charge in [0.15, 0.2) is 0 Å². The van der Waals surface area contributed by atoms with Gasteiger partial charge in [-0.2, -0.15) is 0 Å². The highest BCUT2D eigenvalue weighted by atomic mass is 19.1. The summed E-state index contributed by atoms with van der Waals surface area (Å²) in [6, 6.07) is 5.99. The molecule has 0 fully saturated rings. The largest absolute Gasteiger partial charge is 0.480 e. The van der Waals surface area contributed by atoms with Crippen molar-refractivity contribution in [2.24, 2.45) is 0 Å². The van der Waals surface area contributed by atoms with Crippen molar-refractivity contribution in [3.05, 3.63) is 35.6 Å². The highest BCUT2D eigenvalue weighted by Gasteiger charge is 2.36. The van der Waals surface area contributed by atoms with Crippen LogP contribution >= 0.6 is 0 Å². The first-order valence-corrected chi connectivity index (χ1v) is 6.91. The Bertz CT molecular complexity index is 449. The van der Waals surface area contributed by atoms with Crippen molar-refractivity contribution in [1.82, 2.24) is 10.2 Å². The molecule has 2 N–H and O–H groups in total. The fourth-order valence-corrected chi connectivity index (χ4v) is 2.16. The van der Waals surface area contributed by atoms with E-state index in [4.69, 9.17) is 0 Å². The zero-order chi connectivity index (χ0) is 15.2. The van der Waals surface area contributed by atoms with Crippen molar-refractivity contribution in [2.45, 2.75) is 26.3 Å². The third-order valence-corrected chi connectivity index (χ3v) is 3.64. The predicted molar refractivity (Wildman–Crippen MR) is 77.2 cm³/mol. The van der Waals surface area contributed by atoms with Gasteiger partial charge in [-0.25, -0.2) is 9.18 Å². The van der Waals surface area contributed by atoms with E-state index in [1.807, 2.05) is 0 Å². The molecule has 0 aliphatic rings. The maximum Gasteiger partial charge on any atom is 0.328 e. The molecule has 0 amide bonds. The van der Waals surface area contributed by atoms with E-state index in [2.05, 4.69) is 24.1 Å². The van der Waals surface area contributed by atoms with Gasteiger partial charge in [0, 0.05) is 18.7 Å². The molecule has 0 saturated heterocycles. The van der Waals surface area contributed by atoms with Crippen LogP contribution in [0.15, 0.2) is 24.3 Å². The molecule has 20 heavy (non-hydrogen) atoms. The van der Waals surface area contributed by atoms with Crippen molar-refractivity contribution in [3.63, 3.8) is 0 Å². The molecule has 0 aliphatic heterocycles. The van der Waals surface area contributed by atoms with Crippen LogP contribution in [0.25, 0.3) is 0 Å². The monoisotopic (exact) mass is 282 g/mol. The van der Waals surface area contributed by atoms with Crippen molar-refractivity contribution >= 4 is 5.97 Å². The SMILES string of the molecule is CCN(CC)CCNC(C)(C(=O)O)c1ccccc1F. The number of hydrogen-bond donors (Lipinski definition) is 2. The average molecular weight is 282 g/mol. The Kier molecular flexibility index (Phi) is 6.10. The molecule has 1 atom stereocenters. The Morgan fingerprint density at radius 2 is 1.95 bits per heavy atom. The van der Waals surface area contributed by atoms with Crippen molar-refractivity contribution in [1.29, 1.82) is 0 Å². The lowest BCUT2D eigenvalue weighted by atomic mass is 9.91. The van der Waals surface area contributed by atoms with Crippen molar-refractivity contribution in [3.8, 4) is 0 Å². The van der Waals surface area contributed by atoms with Crippen molar-refractivity contribution < 1.29 is 14.3 Å². The Labute approximate surface area is 119 Å². The van der Waals surface area contributed by atoms with Crippen LogP contribution in [0.5, 0.6) is 0 Å². The molecule has 1 aromatic rings. The summed E-state index contributed by atoms with van der Waals surface area (Å²) in [5, 5.41) is 12.4. The Balaban J connectivity index is 2.83. The quantitative estimate of drug-likeness (QED) is 0.766. The molecule has 0 bridgehead atoms. The number of aliphatic carboxylic acids is 1. The normalized spacial score (nSPS) is 14.2. The van der Waals surface area contributed by atoms with Gasteiger partial charge >= 0.3 is 5.97 Å². The first kappa shape index (κ1) is 16.6. The summed E-state index contributed by atoms with van der Waals surface area (Å²) in [6.45, 7) is 8.62. The molecule has 0 heterocycles. The minimum absolute atomic E-state index is 0.159. The minimum atomic E-state index is -1.42. The third-order valence-electron chi connectivity index (χ3n) is 3.64. The van der Waals surface area contributed by atoms with Gasteiger partial charge in [0.2, 0.25) is 0 Å². The van der Waals surface area contributed by atoms with E-state index in [9.17, 15) is 14.3 Å². The van der Waals surface area contributed by atoms with Gasteiger partial charge in [-0.05, 0) is 26.1 Å². The summed E-state index contributed by atoms with van der Waals surface area (Å²) in [6.07, 6.45) is 0. The van der Waals surface area contributed by atoms with Gasteiger partial charge in [0.25, 0.3) is 0 Å². The fraction of sp³-hybridized carbons (Fsp3) is 0.533. The lowest BCUT2D eigenvalue weighted by Crippen LogP contribution is -2.49. The number of carbonyl (C=O) groups is 1. The van der Waals surface area contributed by atoms with E-state index in [-0.39, 0.29) is 5.56 Å². The number of nitrogens with zero attached hydrogens (tertiary/aromatic N) is 1. The number of halogens is 1. The Hall–Kier alpha value is -1.46. The predicted octanol–water partition coefficient (Wildman–Crippen LogP) is 2.06. The molecule has 0 radical (unpaired) electrons. The number of carboxylic acid groups (broad SMARTS) is 1. The first-order valence-electron chi connectivity index (χ1n) is 6.91. The van der Waals surface area contributed by atoms with Crippen LogP contribution in [0.3, 0.4) is 0 Å². The average Bonchev–Trinajstić information content (AvgIpc) is 2.43. The van der Waals surface area contributed by atoms with Crippen LogP contribution in [0.1, 0.15) is 26.3 Å². The van der Waals surface area contributed by atoms with Crippen LogP contribution in [0.4, 0.5) is 4.39 Å². The minimum Gasteiger partial charge on any atom is -0.480 e. The van der Waals surface area contributed by atoms with E-state index in [1.54, 1.807) is 12.1 Å². The smallest absolute Gasteiger partial charge is 0.328 e. The first-order chi connectivity index (χ1) is 9.45.